The number of alkyl halides is 2. The zero-order valence-electron chi connectivity index (χ0n) is 10.7. The van der Waals surface area contributed by atoms with Crippen molar-refractivity contribution in [1.82, 2.24) is 10.2 Å². The fourth-order valence-corrected chi connectivity index (χ4v) is 2.33. The van der Waals surface area contributed by atoms with Crippen molar-refractivity contribution in [3.05, 3.63) is 42.5 Å². The van der Waals surface area contributed by atoms with Crippen molar-refractivity contribution in [2.24, 2.45) is 0 Å². The van der Waals surface area contributed by atoms with Crippen molar-refractivity contribution in [3.63, 3.8) is 0 Å². The second kappa shape index (κ2) is 6.63. The Bertz CT molecular complexity index is 420. The molecular formula is C14H18F2N2O. The predicted molar refractivity (Wildman–Crippen MR) is 70.5 cm³/mol. The topological polar surface area (TPSA) is 24.5 Å². The first-order chi connectivity index (χ1) is 9.20. The molecule has 1 aromatic carbocycles. The highest BCUT2D eigenvalue weighted by molar-refractivity contribution is 5.32. The Kier molecular flexibility index (Phi) is 4.87. The lowest BCUT2D eigenvalue weighted by molar-refractivity contribution is -0.0499. The van der Waals surface area contributed by atoms with Crippen LogP contribution in [0.1, 0.15) is 11.6 Å². The van der Waals surface area contributed by atoms with Gasteiger partial charge in [-0.2, -0.15) is 8.78 Å². The molecule has 19 heavy (non-hydrogen) atoms. The third-order valence-corrected chi connectivity index (χ3v) is 3.19. The number of nitrogens with one attached hydrogen (secondary N) is 1. The maximum absolute atomic E-state index is 12.2. The van der Waals surface area contributed by atoms with Crippen LogP contribution in [-0.2, 0) is 0 Å². The Hall–Kier alpha value is -1.46. The molecule has 1 fully saturated rings. The van der Waals surface area contributed by atoms with E-state index in [2.05, 4.69) is 21.5 Å². The average Bonchev–Trinajstić information content (AvgIpc) is 2.40. The van der Waals surface area contributed by atoms with Gasteiger partial charge in [-0.05, 0) is 17.7 Å². The highest BCUT2D eigenvalue weighted by atomic mass is 19.3. The molecular weight excluding hydrogens is 250 g/mol. The summed E-state index contributed by atoms with van der Waals surface area (Å²) in [5.74, 6) is 0.189. The van der Waals surface area contributed by atoms with Crippen LogP contribution < -0.4 is 10.1 Å². The first-order valence-electron chi connectivity index (χ1n) is 6.33. The first-order valence-corrected chi connectivity index (χ1v) is 6.33. The fourth-order valence-electron chi connectivity index (χ4n) is 2.33. The standard InChI is InChI=1S/C14H18F2N2O/c1-2-13(18-8-6-17-7-9-18)11-4-3-5-12(10-11)19-14(15)16/h2-5,10,13-14,17H,1,6-9H2/t13-/m1/s1. The number of piperazine rings is 1. The van der Waals surface area contributed by atoms with Crippen molar-refractivity contribution >= 4 is 0 Å². The van der Waals surface area contributed by atoms with E-state index in [1.165, 1.54) is 6.07 Å². The zero-order valence-corrected chi connectivity index (χ0v) is 10.7. The number of halogens is 2. The summed E-state index contributed by atoms with van der Waals surface area (Å²) in [4.78, 5) is 2.27. The van der Waals surface area contributed by atoms with Gasteiger partial charge in [0.1, 0.15) is 5.75 Å². The van der Waals surface area contributed by atoms with E-state index in [1.807, 2.05) is 12.1 Å². The average molecular weight is 268 g/mol. The van der Waals surface area contributed by atoms with Gasteiger partial charge in [0, 0.05) is 26.2 Å². The Morgan fingerprint density at radius 2 is 2.05 bits per heavy atom. The van der Waals surface area contributed by atoms with E-state index in [-0.39, 0.29) is 11.8 Å². The van der Waals surface area contributed by atoms with Crippen LogP contribution in [0.3, 0.4) is 0 Å². The van der Waals surface area contributed by atoms with Gasteiger partial charge in [-0.15, -0.1) is 6.58 Å². The Balaban J connectivity index is 2.15. The molecule has 0 radical (unpaired) electrons. The van der Waals surface area contributed by atoms with E-state index in [1.54, 1.807) is 12.1 Å². The summed E-state index contributed by atoms with van der Waals surface area (Å²) in [5.41, 5.74) is 0.926. The van der Waals surface area contributed by atoms with Crippen molar-refractivity contribution in [2.45, 2.75) is 12.7 Å². The molecule has 1 heterocycles. The van der Waals surface area contributed by atoms with Gasteiger partial charge in [0.25, 0.3) is 0 Å². The maximum atomic E-state index is 12.2. The molecule has 104 valence electrons. The molecule has 2 rings (SSSR count). The number of nitrogens with zero attached hydrogens (tertiary/aromatic N) is 1. The van der Waals surface area contributed by atoms with Gasteiger partial charge in [0.05, 0.1) is 6.04 Å². The zero-order chi connectivity index (χ0) is 13.7. The lowest BCUT2D eigenvalue weighted by atomic mass is 10.0. The summed E-state index contributed by atoms with van der Waals surface area (Å²) >= 11 is 0. The largest absolute Gasteiger partial charge is 0.435 e. The van der Waals surface area contributed by atoms with Gasteiger partial charge in [0.15, 0.2) is 0 Å². The molecule has 1 aliphatic heterocycles. The highest BCUT2D eigenvalue weighted by Gasteiger charge is 2.19. The van der Waals surface area contributed by atoms with Crippen LogP contribution in [0, 0.1) is 0 Å². The summed E-state index contributed by atoms with van der Waals surface area (Å²) < 4.78 is 28.9. The number of ether oxygens (including phenoxy) is 1. The molecule has 0 spiro atoms. The van der Waals surface area contributed by atoms with Gasteiger partial charge in [-0.25, -0.2) is 0 Å². The molecule has 1 N–H and O–H groups in total. The number of hydrogen-bond acceptors (Lipinski definition) is 3. The molecule has 1 atom stereocenters. The van der Waals surface area contributed by atoms with Gasteiger partial charge in [-0.1, -0.05) is 18.2 Å². The molecule has 0 bridgehead atoms. The normalized spacial score (nSPS) is 18.3. The maximum Gasteiger partial charge on any atom is 0.387 e. The van der Waals surface area contributed by atoms with Gasteiger partial charge >= 0.3 is 6.61 Å². The second-order valence-electron chi connectivity index (χ2n) is 4.42. The number of benzene rings is 1. The van der Waals surface area contributed by atoms with E-state index in [4.69, 9.17) is 0 Å². The van der Waals surface area contributed by atoms with Gasteiger partial charge in [0.2, 0.25) is 0 Å². The van der Waals surface area contributed by atoms with E-state index < -0.39 is 6.61 Å². The summed E-state index contributed by atoms with van der Waals surface area (Å²) in [6.07, 6.45) is 1.84. The summed E-state index contributed by atoms with van der Waals surface area (Å²) in [5, 5.41) is 3.28. The third-order valence-electron chi connectivity index (χ3n) is 3.19. The molecule has 0 aliphatic carbocycles. The third kappa shape index (κ3) is 3.75. The minimum absolute atomic E-state index is 0.0309. The van der Waals surface area contributed by atoms with Crippen molar-refractivity contribution < 1.29 is 13.5 Å². The summed E-state index contributed by atoms with van der Waals surface area (Å²) in [6.45, 7) is 4.74. The van der Waals surface area contributed by atoms with Crippen LogP contribution in [-0.4, -0.2) is 37.7 Å². The van der Waals surface area contributed by atoms with Crippen LogP contribution in [0.2, 0.25) is 0 Å². The number of hydrogen-bond donors (Lipinski definition) is 1. The molecule has 0 saturated carbocycles. The fraction of sp³-hybridized carbons (Fsp3) is 0.429. The summed E-state index contributed by atoms with van der Waals surface area (Å²) in [6, 6.07) is 6.86. The van der Waals surface area contributed by atoms with E-state index in [0.717, 1.165) is 31.7 Å². The summed E-state index contributed by atoms with van der Waals surface area (Å²) in [7, 11) is 0. The van der Waals surface area contributed by atoms with Crippen LogP contribution in [0.25, 0.3) is 0 Å². The van der Waals surface area contributed by atoms with Crippen molar-refractivity contribution in [2.75, 3.05) is 26.2 Å². The van der Waals surface area contributed by atoms with Gasteiger partial charge < -0.3 is 10.1 Å². The number of rotatable bonds is 5. The lowest BCUT2D eigenvalue weighted by Gasteiger charge is -2.33. The smallest absolute Gasteiger partial charge is 0.387 e. The van der Waals surface area contributed by atoms with E-state index in [9.17, 15) is 8.78 Å². The minimum Gasteiger partial charge on any atom is -0.435 e. The Morgan fingerprint density at radius 3 is 2.68 bits per heavy atom. The molecule has 0 amide bonds. The predicted octanol–water partition coefficient (Wildman–Crippen LogP) is 2.42. The van der Waals surface area contributed by atoms with Crippen LogP contribution >= 0.6 is 0 Å². The van der Waals surface area contributed by atoms with Crippen LogP contribution in [0.15, 0.2) is 36.9 Å². The molecule has 1 aliphatic rings. The second-order valence-corrected chi connectivity index (χ2v) is 4.42. The molecule has 1 saturated heterocycles. The van der Waals surface area contributed by atoms with Crippen molar-refractivity contribution in [3.8, 4) is 5.75 Å². The molecule has 1 aromatic rings. The van der Waals surface area contributed by atoms with Crippen LogP contribution in [0.4, 0.5) is 8.78 Å². The SMILES string of the molecule is C=C[C@H](c1cccc(OC(F)F)c1)N1CCNCC1. The molecule has 0 unspecified atom stereocenters. The Labute approximate surface area is 111 Å². The monoisotopic (exact) mass is 268 g/mol. The quantitative estimate of drug-likeness (QED) is 0.830. The minimum atomic E-state index is -2.79. The molecule has 0 aromatic heterocycles. The molecule has 3 nitrogen and oxygen atoms in total. The first kappa shape index (κ1) is 14.0. The van der Waals surface area contributed by atoms with E-state index >= 15 is 0 Å². The lowest BCUT2D eigenvalue weighted by Crippen LogP contribution is -2.44. The Morgan fingerprint density at radius 1 is 1.32 bits per heavy atom. The van der Waals surface area contributed by atoms with Crippen molar-refractivity contribution in [1.29, 1.82) is 0 Å². The molecule has 5 heteroatoms. The van der Waals surface area contributed by atoms with E-state index in [0.29, 0.717) is 0 Å². The highest BCUT2D eigenvalue weighted by Crippen LogP contribution is 2.26. The van der Waals surface area contributed by atoms with Crippen LogP contribution in [0.5, 0.6) is 5.75 Å². The van der Waals surface area contributed by atoms with Gasteiger partial charge in [-0.3, -0.25) is 4.90 Å².